The third-order valence-electron chi connectivity index (χ3n) is 4.59. The van der Waals surface area contributed by atoms with Crippen LogP contribution in [0.5, 0.6) is 5.75 Å². The molecule has 0 saturated carbocycles. The molecule has 3 aromatic carbocycles. The monoisotopic (exact) mass is 399 g/mol. The van der Waals surface area contributed by atoms with Crippen LogP contribution in [0.1, 0.15) is 11.1 Å². The second kappa shape index (κ2) is 8.26. The summed E-state index contributed by atoms with van der Waals surface area (Å²) in [5.41, 5.74) is 1.81. The fraction of sp³-hybridized carbons (Fsp3) is 0.0833. The molecular formula is C24H17NO3S. The summed E-state index contributed by atoms with van der Waals surface area (Å²) in [6, 6.07) is 21.7. The van der Waals surface area contributed by atoms with Crippen molar-refractivity contribution < 1.29 is 14.3 Å². The van der Waals surface area contributed by atoms with E-state index < -0.39 is 0 Å². The normalized spacial score (nSPS) is 15.1. The van der Waals surface area contributed by atoms with E-state index >= 15 is 0 Å². The molecule has 0 atom stereocenters. The smallest absolute Gasteiger partial charge is 0.294 e. The molecule has 0 aliphatic carbocycles. The van der Waals surface area contributed by atoms with E-state index in [0.29, 0.717) is 17.3 Å². The van der Waals surface area contributed by atoms with Crippen molar-refractivity contribution in [3.8, 4) is 18.1 Å². The third-order valence-corrected chi connectivity index (χ3v) is 5.50. The largest absolute Gasteiger partial charge is 0.488 e. The fourth-order valence-electron chi connectivity index (χ4n) is 3.17. The maximum absolute atomic E-state index is 12.4. The molecule has 0 spiro atoms. The van der Waals surface area contributed by atoms with Gasteiger partial charge in [-0.05, 0) is 40.2 Å². The van der Waals surface area contributed by atoms with Crippen molar-refractivity contribution in [1.82, 2.24) is 4.90 Å². The maximum atomic E-state index is 12.4. The number of terminal acetylenes is 1. The molecule has 5 heteroatoms. The molecule has 29 heavy (non-hydrogen) atoms. The first-order valence-electron chi connectivity index (χ1n) is 9.04. The van der Waals surface area contributed by atoms with Crippen LogP contribution in [-0.4, -0.2) is 22.6 Å². The highest BCUT2D eigenvalue weighted by atomic mass is 32.2. The molecule has 1 fully saturated rings. The van der Waals surface area contributed by atoms with Gasteiger partial charge in [0.25, 0.3) is 11.1 Å². The number of fused-ring (bicyclic) bond motifs is 1. The first-order chi connectivity index (χ1) is 14.2. The quantitative estimate of drug-likeness (QED) is 0.443. The zero-order valence-corrected chi connectivity index (χ0v) is 16.3. The van der Waals surface area contributed by atoms with E-state index in [9.17, 15) is 9.59 Å². The first-order valence-corrected chi connectivity index (χ1v) is 9.86. The molecule has 0 radical (unpaired) electrons. The number of hydrogen-bond acceptors (Lipinski definition) is 4. The first kappa shape index (κ1) is 18.9. The Balaban J connectivity index is 1.59. The van der Waals surface area contributed by atoms with Crippen molar-refractivity contribution in [2.45, 2.75) is 6.61 Å². The second-order valence-corrected chi connectivity index (χ2v) is 7.43. The summed E-state index contributed by atoms with van der Waals surface area (Å²) in [5.74, 6) is 2.61. The summed E-state index contributed by atoms with van der Waals surface area (Å²) < 4.78 is 6.08. The topological polar surface area (TPSA) is 46.6 Å². The van der Waals surface area contributed by atoms with E-state index in [1.807, 2.05) is 48.5 Å². The average molecular weight is 399 g/mol. The van der Waals surface area contributed by atoms with Crippen LogP contribution in [0.15, 0.2) is 71.6 Å². The van der Waals surface area contributed by atoms with Gasteiger partial charge in [0, 0.05) is 5.56 Å². The molecule has 3 aromatic rings. The zero-order valence-electron chi connectivity index (χ0n) is 15.5. The van der Waals surface area contributed by atoms with E-state index in [1.54, 1.807) is 6.08 Å². The van der Waals surface area contributed by atoms with Crippen LogP contribution in [0.3, 0.4) is 0 Å². The number of imide groups is 1. The summed E-state index contributed by atoms with van der Waals surface area (Å²) >= 11 is 0.889. The highest BCUT2D eigenvalue weighted by Gasteiger charge is 2.34. The minimum Gasteiger partial charge on any atom is -0.488 e. The number of benzene rings is 3. The van der Waals surface area contributed by atoms with Gasteiger partial charge in [-0.2, -0.15) is 0 Å². The number of ether oxygens (including phenoxy) is 1. The van der Waals surface area contributed by atoms with E-state index in [-0.39, 0.29) is 17.7 Å². The summed E-state index contributed by atoms with van der Waals surface area (Å²) in [5, 5.41) is 1.94. The lowest BCUT2D eigenvalue weighted by Gasteiger charge is -2.11. The van der Waals surface area contributed by atoms with Crippen molar-refractivity contribution in [3.63, 3.8) is 0 Å². The van der Waals surface area contributed by atoms with E-state index in [0.717, 1.165) is 38.6 Å². The van der Waals surface area contributed by atoms with Gasteiger partial charge in [-0.15, -0.1) is 6.42 Å². The molecule has 0 bridgehead atoms. The number of carbonyl (C=O) groups is 2. The molecule has 1 aliphatic heterocycles. The van der Waals surface area contributed by atoms with Crippen molar-refractivity contribution in [3.05, 3.63) is 82.8 Å². The number of nitrogens with zero attached hydrogens (tertiary/aromatic N) is 1. The predicted molar refractivity (Wildman–Crippen MR) is 116 cm³/mol. The van der Waals surface area contributed by atoms with Crippen LogP contribution < -0.4 is 4.74 Å². The van der Waals surface area contributed by atoms with Gasteiger partial charge in [-0.3, -0.25) is 14.5 Å². The molecule has 0 unspecified atom stereocenters. The maximum Gasteiger partial charge on any atom is 0.294 e. The number of thioether (sulfide) groups is 1. The highest BCUT2D eigenvalue weighted by Crippen LogP contribution is 2.34. The number of amides is 2. The van der Waals surface area contributed by atoms with Gasteiger partial charge in [0.05, 0.1) is 11.4 Å². The highest BCUT2D eigenvalue weighted by molar-refractivity contribution is 8.18. The fourth-order valence-corrected chi connectivity index (χ4v) is 4.00. The van der Waals surface area contributed by atoms with Crippen LogP contribution in [0.4, 0.5) is 4.79 Å². The minimum atomic E-state index is -0.373. The Morgan fingerprint density at radius 2 is 1.76 bits per heavy atom. The Labute approximate surface area is 173 Å². The second-order valence-electron chi connectivity index (χ2n) is 6.44. The van der Waals surface area contributed by atoms with Crippen LogP contribution >= 0.6 is 11.8 Å². The van der Waals surface area contributed by atoms with Gasteiger partial charge in [0.2, 0.25) is 0 Å². The molecular weight excluding hydrogens is 382 g/mol. The summed E-state index contributed by atoms with van der Waals surface area (Å²) in [7, 11) is 0. The van der Waals surface area contributed by atoms with Gasteiger partial charge in [0.15, 0.2) is 0 Å². The lowest BCUT2D eigenvalue weighted by atomic mass is 10.1. The van der Waals surface area contributed by atoms with Crippen molar-refractivity contribution in [2.24, 2.45) is 0 Å². The molecule has 142 valence electrons. The Morgan fingerprint density at radius 3 is 2.62 bits per heavy atom. The lowest BCUT2D eigenvalue weighted by Crippen LogP contribution is -2.28. The molecule has 4 nitrogen and oxygen atoms in total. The van der Waals surface area contributed by atoms with Gasteiger partial charge < -0.3 is 4.74 Å². The van der Waals surface area contributed by atoms with Gasteiger partial charge in [-0.1, -0.05) is 66.6 Å². The Kier molecular flexibility index (Phi) is 5.37. The van der Waals surface area contributed by atoms with E-state index in [2.05, 4.69) is 24.1 Å². The van der Waals surface area contributed by atoms with E-state index in [1.165, 1.54) is 0 Å². The number of para-hydroxylation sites is 1. The number of hydrogen-bond donors (Lipinski definition) is 0. The lowest BCUT2D eigenvalue weighted by molar-refractivity contribution is -0.122. The third kappa shape index (κ3) is 3.89. The van der Waals surface area contributed by atoms with Gasteiger partial charge in [-0.25, -0.2) is 0 Å². The van der Waals surface area contributed by atoms with Crippen LogP contribution in [0, 0.1) is 12.3 Å². The van der Waals surface area contributed by atoms with Crippen molar-refractivity contribution in [1.29, 1.82) is 0 Å². The van der Waals surface area contributed by atoms with E-state index in [4.69, 9.17) is 11.2 Å². The summed E-state index contributed by atoms with van der Waals surface area (Å²) in [6.07, 6.45) is 6.92. The van der Waals surface area contributed by atoms with Gasteiger partial charge in [0.1, 0.15) is 12.4 Å². The molecule has 1 heterocycles. The Morgan fingerprint density at radius 1 is 1.00 bits per heavy atom. The minimum absolute atomic E-state index is 0.0266. The molecule has 2 amide bonds. The van der Waals surface area contributed by atoms with Crippen LogP contribution in [-0.2, 0) is 11.4 Å². The Hall–Kier alpha value is -3.49. The number of rotatable bonds is 5. The SMILES string of the molecule is C#CCN1C(=O)S/C(=C/c2ccccc2OCc2cccc3ccccc23)C1=O. The standard InChI is InChI=1S/C24H17NO3S/c1-2-14-25-23(26)22(29-24(25)27)15-18-9-4-6-13-21(18)28-16-19-11-7-10-17-8-3-5-12-20(17)19/h1,3-13,15H,14,16H2/b22-15+. The van der Waals surface area contributed by atoms with Crippen molar-refractivity contribution in [2.75, 3.05) is 6.54 Å². The molecule has 1 aliphatic rings. The summed E-state index contributed by atoms with van der Waals surface area (Å²) in [4.78, 5) is 25.8. The molecule has 0 aromatic heterocycles. The predicted octanol–water partition coefficient (Wildman–Crippen LogP) is 5.09. The Bertz CT molecular complexity index is 1170. The molecule has 0 N–H and O–H groups in total. The zero-order chi connectivity index (χ0) is 20.2. The van der Waals surface area contributed by atoms with Crippen LogP contribution in [0.25, 0.3) is 16.8 Å². The molecule has 4 rings (SSSR count). The molecule has 1 saturated heterocycles. The van der Waals surface area contributed by atoms with Crippen LogP contribution in [0.2, 0.25) is 0 Å². The average Bonchev–Trinajstić information content (AvgIpc) is 3.01. The van der Waals surface area contributed by atoms with Gasteiger partial charge >= 0.3 is 0 Å². The summed E-state index contributed by atoms with van der Waals surface area (Å²) in [6.45, 7) is 0.367. The van der Waals surface area contributed by atoms with Crippen molar-refractivity contribution >= 4 is 39.8 Å². The number of carbonyl (C=O) groups excluding carboxylic acids is 2.